The molecule has 1 N–H and O–H groups in total. The number of benzene rings is 1. The van der Waals surface area contributed by atoms with Gasteiger partial charge in [0.1, 0.15) is 10.1 Å². The highest BCUT2D eigenvalue weighted by Crippen LogP contribution is 2.43. The molecule has 3 heterocycles. The van der Waals surface area contributed by atoms with E-state index in [0.717, 1.165) is 20.8 Å². The number of carbonyl (C=O) groups excluding carboxylic acids is 2. The molecule has 0 unspecified atom stereocenters. The van der Waals surface area contributed by atoms with E-state index in [1.54, 1.807) is 36.7 Å². The Morgan fingerprint density at radius 3 is 2.00 bits per heavy atom. The summed E-state index contributed by atoms with van der Waals surface area (Å²) >= 11 is 2.67. The van der Waals surface area contributed by atoms with Crippen LogP contribution in [-0.4, -0.2) is 41.1 Å². The number of rotatable bonds is 6. The Morgan fingerprint density at radius 1 is 0.806 bits per heavy atom. The highest BCUT2D eigenvalue weighted by atomic mass is 32.2. The molecule has 0 saturated heterocycles. The van der Waals surface area contributed by atoms with Crippen LogP contribution in [0.5, 0.6) is 0 Å². The topological polar surface area (TPSA) is 94.2 Å². The molecule has 1 aromatic carbocycles. The van der Waals surface area contributed by atoms with E-state index in [1.165, 1.54) is 37.7 Å². The molecule has 4 aromatic rings. The number of methoxy groups -OCH3 is 2. The van der Waals surface area contributed by atoms with Gasteiger partial charge >= 0.3 is 11.9 Å². The molecule has 0 bridgehead atoms. The quantitative estimate of drug-likeness (QED) is 0.417. The van der Waals surface area contributed by atoms with Crippen LogP contribution in [0, 0.1) is 0 Å². The van der Waals surface area contributed by atoms with Gasteiger partial charge in [-0.1, -0.05) is 41.7 Å². The molecule has 9 heteroatoms. The van der Waals surface area contributed by atoms with Crippen molar-refractivity contribution in [3.05, 3.63) is 72.1 Å². The van der Waals surface area contributed by atoms with Crippen LogP contribution in [-0.2, 0) is 9.47 Å². The predicted molar refractivity (Wildman–Crippen MR) is 118 cm³/mol. The van der Waals surface area contributed by atoms with Gasteiger partial charge in [0.25, 0.3) is 0 Å². The molecule has 4 rings (SSSR count). The smallest absolute Gasteiger partial charge is 0.340 e. The second kappa shape index (κ2) is 9.23. The van der Waals surface area contributed by atoms with E-state index >= 15 is 0 Å². The lowest BCUT2D eigenvalue weighted by Gasteiger charge is -2.09. The van der Waals surface area contributed by atoms with Crippen molar-refractivity contribution in [2.24, 2.45) is 0 Å². The van der Waals surface area contributed by atoms with Gasteiger partial charge in [-0.3, -0.25) is 0 Å². The number of hydrogen-bond acceptors (Lipinski definition) is 8. The summed E-state index contributed by atoms with van der Waals surface area (Å²) in [6, 6.07) is 14.5. The first-order chi connectivity index (χ1) is 15.1. The zero-order chi connectivity index (χ0) is 21.8. The lowest BCUT2D eigenvalue weighted by atomic mass is 10.2. The summed E-state index contributed by atoms with van der Waals surface area (Å²) in [5.41, 5.74) is 1.67. The lowest BCUT2D eigenvalue weighted by molar-refractivity contribution is 0.0587. The number of esters is 2. The number of carbonyl (C=O) groups is 2. The molecule has 0 aliphatic heterocycles. The Kier molecular flexibility index (Phi) is 6.24. The van der Waals surface area contributed by atoms with Crippen LogP contribution in [0.1, 0.15) is 20.7 Å². The Labute approximate surface area is 186 Å². The minimum Gasteiger partial charge on any atom is -0.465 e. The Bertz CT molecular complexity index is 1270. The first kappa shape index (κ1) is 21.0. The fourth-order valence-corrected chi connectivity index (χ4v) is 5.11. The highest BCUT2D eigenvalue weighted by molar-refractivity contribution is 8.02. The molecule has 0 atom stereocenters. The van der Waals surface area contributed by atoms with Gasteiger partial charge in [-0.2, -0.15) is 0 Å². The molecular formula is C22H17N3O4S2. The third-order valence-corrected chi connectivity index (χ3v) is 6.68. The monoisotopic (exact) mass is 451 g/mol. The molecule has 0 aliphatic carbocycles. The van der Waals surface area contributed by atoms with Gasteiger partial charge in [-0.15, -0.1) is 0 Å². The first-order valence-corrected chi connectivity index (χ1v) is 10.8. The molecule has 156 valence electrons. The first-order valence-electron chi connectivity index (χ1n) is 9.15. The van der Waals surface area contributed by atoms with Crippen molar-refractivity contribution in [1.82, 2.24) is 15.0 Å². The SMILES string of the molecule is COC(=O)c1cccnc1Sc1[nH]c2ccccc2c1Sc1ncccc1C(=O)OC. The number of aromatic nitrogens is 3. The molecule has 0 fully saturated rings. The van der Waals surface area contributed by atoms with Crippen LogP contribution >= 0.6 is 23.5 Å². The standard InChI is InChI=1S/C22H17N3O4S2/c1-28-21(26)14-8-5-11-23-18(14)30-17-13-7-3-4-10-16(13)25-20(17)31-19-15(22(27)29-2)9-6-12-24-19/h3-12,25H,1-2H3. The molecule has 0 spiro atoms. The summed E-state index contributed by atoms with van der Waals surface area (Å²) < 4.78 is 9.78. The van der Waals surface area contributed by atoms with Crippen molar-refractivity contribution < 1.29 is 19.1 Å². The van der Waals surface area contributed by atoms with Crippen molar-refractivity contribution in [1.29, 1.82) is 0 Å². The normalized spacial score (nSPS) is 10.8. The zero-order valence-electron chi connectivity index (χ0n) is 16.6. The van der Waals surface area contributed by atoms with Gasteiger partial charge in [0.05, 0.1) is 35.3 Å². The minimum atomic E-state index is -0.460. The minimum absolute atomic E-state index is 0.373. The molecular weight excluding hydrogens is 434 g/mol. The van der Waals surface area contributed by atoms with E-state index in [4.69, 9.17) is 9.47 Å². The van der Waals surface area contributed by atoms with Gasteiger partial charge in [0, 0.05) is 23.3 Å². The average Bonchev–Trinajstić information content (AvgIpc) is 3.15. The Morgan fingerprint density at radius 2 is 1.39 bits per heavy atom. The number of H-pyrrole nitrogens is 1. The van der Waals surface area contributed by atoms with E-state index < -0.39 is 11.9 Å². The number of aromatic amines is 1. The molecule has 0 saturated carbocycles. The maximum atomic E-state index is 12.2. The summed E-state index contributed by atoms with van der Waals surface area (Å²) in [7, 11) is 2.68. The van der Waals surface area contributed by atoms with Crippen LogP contribution in [0.25, 0.3) is 10.9 Å². The van der Waals surface area contributed by atoms with E-state index in [0.29, 0.717) is 21.2 Å². The summed E-state index contributed by atoms with van der Waals surface area (Å²) in [6.07, 6.45) is 3.25. The molecule has 3 aromatic heterocycles. The second-order valence-corrected chi connectivity index (χ2v) is 8.23. The van der Waals surface area contributed by atoms with Crippen LogP contribution < -0.4 is 0 Å². The van der Waals surface area contributed by atoms with E-state index in [-0.39, 0.29) is 0 Å². The van der Waals surface area contributed by atoms with Crippen molar-refractivity contribution in [2.45, 2.75) is 20.0 Å². The van der Waals surface area contributed by atoms with Gasteiger partial charge in [0.15, 0.2) is 0 Å². The summed E-state index contributed by atoms with van der Waals surface area (Å²) in [5.74, 6) is -0.916. The van der Waals surface area contributed by atoms with Crippen molar-refractivity contribution >= 4 is 46.4 Å². The van der Waals surface area contributed by atoms with Gasteiger partial charge in [-0.25, -0.2) is 19.6 Å². The Balaban J connectivity index is 1.81. The zero-order valence-corrected chi connectivity index (χ0v) is 18.3. The van der Waals surface area contributed by atoms with Crippen molar-refractivity contribution in [3.8, 4) is 0 Å². The number of pyridine rings is 2. The number of hydrogen-bond donors (Lipinski definition) is 1. The third-order valence-electron chi connectivity index (χ3n) is 4.38. The fraction of sp³-hybridized carbons (Fsp3) is 0.0909. The Hall–Kier alpha value is -3.30. The molecule has 0 aliphatic rings. The number of nitrogens with one attached hydrogen (secondary N) is 1. The number of ether oxygens (including phenoxy) is 2. The van der Waals surface area contributed by atoms with E-state index in [2.05, 4.69) is 15.0 Å². The van der Waals surface area contributed by atoms with E-state index in [9.17, 15) is 9.59 Å². The second-order valence-electron chi connectivity index (χ2n) is 6.23. The summed E-state index contributed by atoms with van der Waals surface area (Å²) in [5, 5.41) is 2.77. The van der Waals surface area contributed by atoms with Crippen molar-refractivity contribution in [3.63, 3.8) is 0 Å². The molecule has 31 heavy (non-hydrogen) atoms. The number of fused-ring (bicyclic) bond motifs is 1. The number of nitrogens with zero attached hydrogens (tertiary/aromatic N) is 2. The summed E-state index contributed by atoms with van der Waals surface area (Å²) in [4.78, 5) is 37.4. The van der Waals surface area contributed by atoms with E-state index in [1.807, 2.05) is 24.3 Å². The molecule has 0 radical (unpaired) electrons. The number of para-hydroxylation sites is 1. The maximum absolute atomic E-state index is 12.2. The van der Waals surface area contributed by atoms with Crippen LogP contribution in [0.15, 0.2) is 80.9 Å². The van der Waals surface area contributed by atoms with Crippen LogP contribution in [0.2, 0.25) is 0 Å². The van der Waals surface area contributed by atoms with Crippen LogP contribution in [0.4, 0.5) is 0 Å². The molecule has 7 nitrogen and oxygen atoms in total. The summed E-state index contributed by atoms with van der Waals surface area (Å²) in [6.45, 7) is 0. The largest absolute Gasteiger partial charge is 0.465 e. The van der Waals surface area contributed by atoms with Gasteiger partial charge in [0.2, 0.25) is 0 Å². The van der Waals surface area contributed by atoms with Gasteiger partial charge < -0.3 is 14.5 Å². The van der Waals surface area contributed by atoms with Gasteiger partial charge in [-0.05, 0) is 30.3 Å². The van der Waals surface area contributed by atoms with Crippen molar-refractivity contribution in [2.75, 3.05) is 14.2 Å². The highest BCUT2D eigenvalue weighted by Gasteiger charge is 2.21. The lowest BCUT2D eigenvalue weighted by Crippen LogP contribution is -2.04. The third kappa shape index (κ3) is 4.28. The molecule has 0 amide bonds. The van der Waals surface area contributed by atoms with Crippen LogP contribution in [0.3, 0.4) is 0 Å². The average molecular weight is 452 g/mol. The predicted octanol–water partition coefficient (Wildman–Crippen LogP) is 4.83. The maximum Gasteiger partial charge on any atom is 0.340 e. The fourth-order valence-electron chi connectivity index (χ4n) is 2.93.